The lowest BCUT2D eigenvalue weighted by molar-refractivity contribution is -0.0720. The van der Waals surface area contributed by atoms with E-state index in [-0.39, 0.29) is 11.5 Å². The van der Waals surface area contributed by atoms with Gasteiger partial charge in [0, 0.05) is 30.3 Å². The minimum Gasteiger partial charge on any atom is -0.373 e. The van der Waals surface area contributed by atoms with E-state index in [0.717, 1.165) is 43.1 Å². The minimum atomic E-state index is -0.216. The van der Waals surface area contributed by atoms with Crippen LogP contribution in [0, 0.1) is 6.92 Å². The maximum absolute atomic E-state index is 12.7. The standard InChI is InChI=1S/C19H23N3O2S/c1-14-5-6-16(25-14)18(23)22-10-8-19(13-22)12-15(7-11-24-19)21-17-4-2-3-9-20-17/h2-6,9,15H,7-8,10-13H2,1H3,(H,20,21)/t15-,19-/m1/s1. The van der Waals surface area contributed by atoms with E-state index < -0.39 is 0 Å². The molecule has 4 rings (SSSR count). The molecule has 4 heterocycles. The van der Waals surface area contributed by atoms with Crippen molar-refractivity contribution in [1.29, 1.82) is 0 Å². The van der Waals surface area contributed by atoms with Crippen LogP contribution in [0.1, 0.15) is 33.8 Å². The number of carbonyl (C=O) groups is 1. The topological polar surface area (TPSA) is 54.5 Å². The quantitative estimate of drug-likeness (QED) is 0.915. The lowest BCUT2D eigenvalue weighted by Gasteiger charge is -2.38. The summed E-state index contributed by atoms with van der Waals surface area (Å²) in [5.41, 5.74) is -0.216. The maximum atomic E-state index is 12.7. The molecule has 1 amide bonds. The molecule has 0 unspecified atom stereocenters. The second-order valence-corrected chi connectivity index (χ2v) is 8.26. The number of thiophene rings is 1. The van der Waals surface area contributed by atoms with E-state index in [9.17, 15) is 4.79 Å². The molecule has 2 aromatic rings. The van der Waals surface area contributed by atoms with Crippen molar-refractivity contribution >= 4 is 23.1 Å². The van der Waals surface area contributed by atoms with Crippen molar-refractivity contribution in [2.24, 2.45) is 0 Å². The zero-order valence-corrected chi connectivity index (χ0v) is 15.2. The van der Waals surface area contributed by atoms with Crippen molar-refractivity contribution in [3.63, 3.8) is 0 Å². The van der Waals surface area contributed by atoms with E-state index in [2.05, 4.69) is 10.3 Å². The van der Waals surface area contributed by atoms with Crippen LogP contribution in [-0.4, -0.2) is 47.1 Å². The van der Waals surface area contributed by atoms with E-state index >= 15 is 0 Å². The minimum absolute atomic E-state index is 0.137. The van der Waals surface area contributed by atoms with Crippen molar-refractivity contribution in [1.82, 2.24) is 9.88 Å². The van der Waals surface area contributed by atoms with Crippen LogP contribution < -0.4 is 5.32 Å². The van der Waals surface area contributed by atoms with Gasteiger partial charge in [0.1, 0.15) is 5.82 Å². The van der Waals surface area contributed by atoms with Crippen molar-refractivity contribution in [2.75, 3.05) is 25.0 Å². The monoisotopic (exact) mass is 357 g/mol. The summed E-state index contributed by atoms with van der Waals surface area (Å²) < 4.78 is 6.16. The van der Waals surface area contributed by atoms with E-state index in [1.54, 1.807) is 17.5 Å². The van der Waals surface area contributed by atoms with Crippen LogP contribution in [0.3, 0.4) is 0 Å². The second-order valence-electron chi connectivity index (χ2n) is 6.97. The number of nitrogens with zero attached hydrogens (tertiary/aromatic N) is 2. The largest absolute Gasteiger partial charge is 0.373 e. The van der Waals surface area contributed by atoms with Crippen LogP contribution in [0.4, 0.5) is 5.82 Å². The Morgan fingerprint density at radius 1 is 1.40 bits per heavy atom. The van der Waals surface area contributed by atoms with E-state index in [1.807, 2.05) is 42.2 Å². The average Bonchev–Trinajstić information content (AvgIpc) is 3.22. The summed E-state index contributed by atoms with van der Waals surface area (Å²) in [6.45, 7) is 4.21. The van der Waals surface area contributed by atoms with Crippen LogP contribution in [-0.2, 0) is 4.74 Å². The lowest BCUT2D eigenvalue weighted by atomic mass is 9.89. The number of amides is 1. The molecule has 25 heavy (non-hydrogen) atoms. The van der Waals surface area contributed by atoms with Crippen molar-refractivity contribution in [3.8, 4) is 0 Å². The highest BCUT2D eigenvalue weighted by Gasteiger charge is 2.45. The van der Waals surface area contributed by atoms with Gasteiger partial charge in [-0.25, -0.2) is 4.98 Å². The van der Waals surface area contributed by atoms with E-state index in [4.69, 9.17) is 4.74 Å². The SMILES string of the molecule is Cc1ccc(C(=O)N2CC[C@@]3(C[C@H](Nc4ccccn4)CCO3)C2)s1. The molecule has 1 N–H and O–H groups in total. The summed E-state index contributed by atoms with van der Waals surface area (Å²) in [7, 11) is 0. The van der Waals surface area contributed by atoms with Gasteiger partial charge in [-0.1, -0.05) is 6.07 Å². The zero-order chi connectivity index (χ0) is 17.3. The molecule has 0 aliphatic carbocycles. The van der Waals surface area contributed by atoms with E-state index in [0.29, 0.717) is 12.6 Å². The Labute approximate surface area is 152 Å². The highest BCUT2D eigenvalue weighted by molar-refractivity contribution is 7.13. The molecule has 0 radical (unpaired) electrons. The molecule has 0 aromatic carbocycles. The Kier molecular flexibility index (Phi) is 4.48. The molecule has 0 bridgehead atoms. The van der Waals surface area contributed by atoms with Gasteiger partial charge in [-0.2, -0.15) is 0 Å². The predicted molar refractivity (Wildman–Crippen MR) is 99.1 cm³/mol. The number of carbonyl (C=O) groups excluding carboxylic acids is 1. The third kappa shape index (κ3) is 3.55. The number of hydrogen-bond acceptors (Lipinski definition) is 5. The maximum Gasteiger partial charge on any atom is 0.264 e. The Hall–Kier alpha value is -1.92. The number of aromatic nitrogens is 1. The first-order valence-electron chi connectivity index (χ1n) is 8.81. The number of hydrogen-bond donors (Lipinski definition) is 1. The van der Waals surface area contributed by atoms with Crippen molar-refractivity contribution < 1.29 is 9.53 Å². The first kappa shape index (κ1) is 16.5. The summed E-state index contributed by atoms with van der Waals surface area (Å²) >= 11 is 1.57. The Balaban J connectivity index is 1.41. The smallest absolute Gasteiger partial charge is 0.264 e. The Morgan fingerprint density at radius 3 is 3.08 bits per heavy atom. The summed E-state index contributed by atoms with van der Waals surface area (Å²) in [5.74, 6) is 1.04. The predicted octanol–water partition coefficient (Wildman–Crippen LogP) is 3.33. The molecule has 1 spiro atoms. The fourth-order valence-electron chi connectivity index (χ4n) is 3.82. The van der Waals surface area contributed by atoms with Gasteiger partial charge in [0.15, 0.2) is 0 Å². The molecule has 2 aliphatic rings. The summed E-state index contributed by atoms with van der Waals surface area (Å²) in [5, 5.41) is 3.52. The third-order valence-corrected chi connectivity index (χ3v) is 6.05. The first-order valence-corrected chi connectivity index (χ1v) is 9.62. The molecule has 2 fully saturated rings. The number of anilines is 1. The molecule has 2 aliphatic heterocycles. The van der Waals surface area contributed by atoms with Gasteiger partial charge in [0.2, 0.25) is 0 Å². The second kappa shape index (κ2) is 6.77. The Bertz CT molecular complexity index is 748. The van der Waals surface area contributed by atoms with Crippen LogP contribution in [0.2, 0.25) is 0 Å². The van der Waals surface area contributed by atoms with Crippen LogP contribution >= 0.6 is 11.3 Å². The molecule has 2 saturated heterocycles. The normalized spacial score (nSPS) is 26.1. The lowest BCUT2D eigenvalue weighted by Crippen LogP contribution is -2.47. The molecule has 132 valence electrons. The highest BCUT2D eigenvalue weighted by atomic mass is 32.1. The Morgan fingerprint density at radius 2 is 2.32 bits per heavy atom. The number of rotatable bonds is 3. The van der Waals surface area contributed by atoms with Gasteiger partial charge in [-0.05, 0) is 50.5 Å². The number of likely N-dealkylation sites (tertiary alicyclic amines) is 1. The molecule has 2 aromatic heterocycles. The van der Waals surface area contributed by atoms with Gasteiger partial charge in [0.05, 0.1) is 17.0 Å². The van der Waals surface area contributed by atoms with Gasteiger partial charge >= 0.3 is 0 Å². The fraction of sp³-hybridized carbons (Fsp3) is 0.474. The number of aryl methyl sites for hydroxylation is 1. The molecule has 0 saturated carbocycles. The zero-order valence-electron chi connectivity index (χ0n) is 14.4. The van der Waals surface area contributed by atoms with Gasteiger partial charge < -0.3 is 15.0 Å². The van der Waals surface area contributed by atoms with Crippen LogP contribution in [0.25, 0.3) is 0 Å². The van der Waals surface area contributed by atoms with Crippen molar-refractivity contribution in [3.05, 3.63) is 46.3 Å². The average molecular weight is 357 g/mol. The first-order chi connectivity index (χ1) is 12.1. The summed E-state index contributed by atoms with van der Waals surface area (Å²) in [4.78, 5) is 21.0. The molecular formula is C19H23N3O2S. The number of ether oxygens (including phenoxy) is 1. The van der Waals surface area contributed by atoms with Crippen LogP contribution in [0.5, 0.6) is 0 Å². The van der Waals surface area contributed by atoms with Gasteiger partial charge in [-0.3, -0.25) is 4.79 Å². The van der Waals surface area contributed by atoms with Crippen molar-refractivity contribution in [2.45, 2.75) is 37.8 Å². The molecule has 5 nitrogen and oxygen atoms in total. The van der Waals surface area contributed by atoms with Crippen LogP contribution in [0.15, 0.2) is 36.5 Å². The fourth-order valence-corrected chi connectivity index (χ4v) is 4.65. The highest BCUT2D eigenvalue weighted by Crippen LogP contribution is 2.36. The molecule has 6 heteroatoms. The molecular weight excluding hydrogens is 334 g/mol. The number of nitrogens with one attached hydrogen (secondary N) is 1. The third-order valence-electron chi connectivity index (χ3n) is 5.06. The van der Waals surface area contributed by atoms with E-state index in [1.165, 1.54) is 4.88 Å². The summed E-state index contributed by atoms with van der Waals surface area (Å²) in [6, 6.07) is 10.2. The van der Waals surface area contributed by atoms with Gasteiger partial charge in [0.25, 0.3) is 5.91 Å². The van der Waals surface area contributed by atoms with Gasteiger partial charge in [-0.15, -0.1) is 11.3 Å². The number of pyridine rings is 1. The summed E-state index contributed by atoms with van der Waals surface area (Å²) in [6.07, 6.45) is 4.59. The molecule has 2 atom stereocenters.